The molecule has 48 heavy (non-hydrogen) atoms. The Bertz CT molecular complexity index is 2450. The topological polar surface area (TPSA) is 68.4 Å². The second-order valence-electron chi connectivity index (χ2n) is 11.6. The van der Waals surface area contributed by atoms with Crippen molar-refractivity contribution in [3.8, 4) is 22.5 Å². The molecule has 0 amide bonds. The standard InChI is InChI=1S/C42H30N4O2/c47-41-36-27-32(24-25-39(36)45(34-20-9-3-10-21-34)42(48)46(41)35-22-11-4-12-23-35)31-18-13-19-33(26-31)40-43-37(29-14-5-1-6-15-29)28-38(44-40)30-16-7-2-8-17-30/h1-28,40,43H. The molecule has 1 N–H and O–H groups in total. The van der Waals surface area contributed by atoms with Gasteiger partial charge in [0.05, 0.1) is 28.0 Å². The zero-order valence-electron chi connectivity index (χ0n) is 25.9. The van der Waals surface area contributed by atoms with Crippen molar-refractivity contribution in [3.63, 3.8) is 0 Å². The van der Waals surface area contributed by atoms with Gasteiger partial charge in [0.25, 0.3) is 5.56 Å². The SMILES string of the molecule is O=c1c2cc(-c3cccc(C4N=C(c5ccccc5)C=C(c5ccccc5)N4)c3)ccc2n(-c2ccccc2)c(=O)n1-c1ccccc1. The molecule has 0 saturated heterocycles. The van der Waals surface area contributed by atoms with E-state index in [2.05, 4.69) is 47.8 Å². The highest BCUT2D eigenvalue weighted by atomic mass is 16.2. The highest BCUT2D eigenvalue weighted by Crippen LogP contribution is 2.30. The summed E-state index contributed by atoms with van der Waals surface area (Å²) in [5, 5.41) is 4.09. The Kier molecular flexibility index (Phi) is 7.43. The number of nitrogens with one attached hydrogen (secondary N) is 1. The Hall–Kier alpha value is -6.53. The Balaban J connectivity index is 1.25. The highest BCUT2D eigenvalue weighted by Gasteiger charge is 2.21. The minimum absolute atomic E-state index is 0.334. The average Bonchev–Trinajstić information content (AvgIpc) is 3.16. The van der Waals surface area contributed by atoms with Crippen LogP contribution in [0.25, 0.3) is 39.1 Å². The van der Waals surface area contributed by atoms with Crippen molar-refractivity contribution >= 4 is 22.3 Å². The third-order valence-electron chi connectivity index (χ3n) is 8.61. The maximum Gasteiger partial charge on any atom is 0.340 e. The first-order valence-electron chi connectivity index (χ1n) is 15.8. The summed E-state index contributed by atoms with van der Waals surface area (Å²) in [5.74, 6) is 0. The lowest BCUT2D eigenvalue weighted by Gasteiger charge is -2.25. The largest absolute Gasteiger partial charge is 0.360 e. The van der Waals surface area contributed by atoms with Gasteiger partial charge in [0.2, 0.25) is 0 Å². The number of aliphatic imine (C=N–C) groups is 1. The van der Waals surface area contributed by atoms with Crippen molar-refractivity contribution in [2.45, 2.75) is 6.17 Å². The number of hydrogen-bond acceptors (Lipinski definition) is 4. The minimum Gasteiger partial charge on any atom is -0.360 e. The van der Waals surface area contributed by atoms with Gasteiger partial charge in [-0.15, -0.1) is 0 Å². The number of para-hydroxylation sites is 2. The van der Waals surface area contributed by atoms with Crippen LogP contribution >= 0.6 is 0 Å². The van der Waals surface area contributed by atoms with Gasteiger partial charge in [-0.25, -0.2) is 9.36 Å². The normalized spacial score (nSPS) is 14.2. The van der Waals surface area contributed by atoms with Crippen LogP contribution in [0.5, 0.6) is 0 Å². The predicted molar refractivity (Wildman–Crippen MR) is 194 cm³/mol. The van der Waals surface area contributed by atoms with Gasteiger partial charge in [0.15, 0.2) is 0 Å². The Labute approximate surface area is 277 Å². The third-order valence-corrected chi connectivity index (χ3v) is 8.61. The van der Waals surface area contributed by atoms with Crippen LogP contribution in [0.1, 0.15) is 22.9 Å². The van der Waals surface area contributed by atoms with E-state index in [-0.39, 0.29) is 11.7 Å². The molecule has 7 aromatic rings. The number of rotatable bonds is 6. The monoisotopic (exact) mass is 622 g/mol. The summed E-state index contributed by atoms with van der Waals surface area (Å²) >= 11 is 0. The molecule has 0 fully saturated rings. The van der Waals surface area contributed by atoms with E-state index in [1.165, 1.54) is 4.57 Å². The smallest absolute Gasteiger partial charge is 0.340 e. The second kappa shape index (κ2) is 12.3. The number of benzene rings is 6. The lowest BCUT2D eigenvalue weighted by molar-refractivity contribution is 0.664. The molecule has 6 nitrogen and oxygen atoms in total. The van der Waals surface area contributed by atoms with Crippen LogP contribution in [0.2, 0.25) is 0 Å². The summed E-state index contributed by atoms with van der Waals surface area (Å²) in [6, 6.07) is 52.9. The fraction of sp³-hybridized carbons (Fsp3) is 0.0238. The first-order valence-corrected chi connectivity index (χ1v) is 15.8. The van der Waals surface area contributed by atoms with E-state index in [9.17, 15) is 9.59 Å². The first kappa shape index (κ1) is 28.9. The molecule has 0 spiro atoms. The van der Waals surface area contributed by atoms with Gasteiger partial charge in [0, 0.05) is 5.70 Å². The second-order valence-corrected chi connectivity index (χ2v) is 11.6. The zero-order chi connectivity index (χ0) is 32.5. The van der Waals surface area contributed by atoms with Crippen molar-refractivity contribution in [2.75, 3.05) is 0 Å². The van der Waals surface area contributed by atoms with Gasteiger partial charge in [-0.3, -0.25) is 14.4 Å². The molecule has 0 bridgehead atoms. The Morgan fingerprint density at radius 3 is 1.75 bits per heavy atom. The quantitative estimate of drug-likeness (QED) is 0.205. The molecule has 1 aromatic heterocycles. The first-order chi connectivity index (χ1) is 23.6. The summed E-state index contributed by atoms with van der Waals surface area (Å²) in [6.45, 7) is 0. The summed E-state index contributed by atoms with van der Waals surface area (Å²) in [4.78, 5) is 33.2. The number of allylic oxidation sites excluding steroid dienone is 1. The fourth-order valence-corrected chi connectivity index (χ4v) is 6.26. The molecule has 1 unspecified atom stereocenters. The van der Waals surface area contributed by atoms with Crippen LogP contribution < -0.4 is 16.6 Å². The summed E-state index contributed by atoms with van der Waals surface area (Å²) in [7, 11) is 0. The van der Waals surface area contributed by atoms with Crippen molar-refractivity contribution in [1.29, 1.82) is 0 Å². The number of aromatic nitrogens is 2. The molecule has 1 aliphatic heterocycles. The summed E-state index contributed by atoms with van der Waals surface area (Å²) < 4.78 is 2.85. The molecule has 8 rings (SSSR count). The minimum atomic E-state index is -0.419. The molecule has 1 aliphatic rings. The lowest BCUT2D eigenvalue weighted by Crippen LogP contribution is -2.38. The third kappa shape index (κ3) is 5.35. The van der Waals surface area contributed by atoms with Crippen LogP contribution in [-0.4, -0.2) is 14.8 Å². The maximum absolute atomic E-state index is 14.1. The van der Waals surface area contributed by atoms with Gasteiger partial charge in [-0.05, 0) is 76.4 Å². The molecule has 6 aromatic carbocycles. The van der Waals surface area contributed by atoms with Gasteiger partial charge >= 0.3 is 5.69 Å². The van der Waals surface area contributed by atoms with Crippen LogP contribution in [0.4, 0.5) is 0 Å². The van der Waals surface area contributed by atoms with E-state index in [1.807, 2.05) is 115 Å². The van der Waals surface area contributed by atoms with E-state index in [0.717, 1.165) is 39.2 Å². The number of fused-ring (bicyclic) bond motifs is 1. The highest BCUT2D eigenvalue weighted by molar-refractivity contribution is 6.13. The van der Waals surface area contributed by atoms with E-state index in [4.69, 9.17) is 4.99 Å². The van der Waals surface area contributed by atoms with Crippen molar-refractivity contribution in [1.82, 2.24) is 14.5 Å². The molecule has 6 heteroatoms. The molecule has 0 radical (unpaired) electrons. The lowest BCUT2D eigenvalue weighted by atomic mass is 9.98. The fourth-order valence-electron chi connectivity index (χ4n) is 6.26. The summed E-state index contributed by atoms with van der Waals surface area (Å²) in [6.07, 6.45) is 1.76. The molecule has 2 heterocycles. The Morgan fingerprint density at radius 1 is 0.521 bits per heavy atom. The molecule has 230 valence electrons. The van der Waals surface area contributed by atoms with Gasteiger partial charge < -0.3 is 5.32 Å². The van der Waals surface area contributed by atoms with Gasteiger partial charge in [-0.1, -0.05) is 121 Å². The number of nitrogens with zero attached hydrogens (tertiary/aromatic N) is 3. The average molecular weight is 623 g/mol. The Morgan fingerprint density at radius 2 is 1.08 bits per heavy atom. The van der Waals surface area contributed by atoms with Gasteiger partial charge in [-0.2, -0.15) is 0 Å². The molecule has 1 atom stereocenters. The van der Waals surface area contributed by atoms with Crippen LogP contribution in [0, 0.1) is 0 Å². The van der Waals surface area contributed by atoms with Crippen LogP contribution in [-0.2, 0) is 0 Å². The molecular formula is C42H30N4O2. The molecular weight excluding hydrogens is 592 g/mol. The van der Waals surface area contributed by atoms with Crippen molar-refractivity contribution < 1.29 is 0 Å². The predicted octanol–water partition coefficient (Wildman–Crippen LogP) is 7.94. The zero-order valence-corrected chi connectivity index (χ0v) is 25.9. The van der Waals surface area contributed by atoms with Crippen molar-refractivity contribution in [3.05, 3.63) is 207 Å². The molecule has 0 aliphatic carbocycles. The molecule has 0 saturated carbocycles. The van der Waals surface area contributed by atoms with Crippen molar-refractivity contribution in [2.24, 2.45) is 4.99 Å². The van der Waals surface area contributed by atoms with Gasteiger partial charge in [0.1, 0.15) is 6.17 Å². The van der Waals surface area contributed by atoms with E-state index in [1.54, 1.807) is 16.7 Å². The van der Waals surface area contributed by atoms with Crippen LogP contribution in [0.3, 0.4) is 0 Å². The summed E-state index contributed by atoms with van der Waals surface area (Å²) in [5.41, 5.74) is 7.76. The van der Waals surface area contributed by atoms with Crippen LogP contribution in [0.15, 0.2) is 184 Å². The van der Waals surface area contributed by atoms with E-state index >= 15 is 0 Å². The van der Waals surface area contributed by atoms with E-state index in [0.29, 0.717) is 22.3 Å². The maximum atomic E-state index is 14.1. The number of hydrogen-bond donors (Lipinski definition) is 1. The van der Waals surface area contributed by atoms with E-state index < -0.39 is 5.69 Å².